The van der Waals surface area contributed by atoms with Gasteiger partial charge < -0.3 is 11.1 Å². The Kier molecular flexibility index (Phi) is 4.39. The van der Waals surface area contributed by atoms with Crippen LogP contribution in [0.2, 0.25) is 0 Å². The number of benzene rings is 2. The van der Waals surface area contributed by atoms with Gasteiger partial charge in [0.05, 0.1) is 10.5 Å². The van der Waals surface area contributed by atoms with E-state index in [0.29, 0.717) is 10.2 Å². The number of anilines is 1. The second kappa shape index (κ2) is 6.05. The first-order valence-electron chi connectivity index (χ1n) is 6.08. The molecule has 20 heavy (non-hydrogen) atoms. The molecule has 0 radical (unpaired) electrons. The number of amides is 1. The van der Waals surface area contributed by atoms with Crippen LogP contribution < -0.4 is 11.1 Å². The van der Waals surface area contributed by atoms with Crippen molar-refractivity contribution >= 4 is 27.5 Å². The number of carbonyl (C=O) groups is 1. The monoisotopic (exact) mass is 336 g/mol. The lowest BCUT2D eigenvalue weighted by atomic mass is 10.1. The molecule has 1 amide bonds. The second-order valence-corrected chi connectivity index (χ2v) is 5.35. The van der Waals surface area contributed by atoms with Crippen molar-refractivity contribution in [2.75, 3.05) is 5.73 Å². The Bertz CT molecular complexity index is 628. The molecule has 0 aliphatic rings. The molecule has 0 aliphatic carbocycles. The van der Waals surface area contributed by atoms with Gasteiger partial charge in [-0.15, -0.1) is 0 Å². The highest BCUT2D eigenvalue weighted by atomic mass is 79.9. The molecule has 3 nitrogen and oxygen atoms in total. The molecule has 0 spiro atoms. The molecule has 104 valence electrons. The van der Waals surface area contributed by atoms with Crippen molar-refractivity contribution in [1.29, 1.82) is 0 Å². The summed E-state index contributed by atoms with van der Waals surface area (Å²) in [4.78, 5) is 12.0. The minimum absolute atomic E-state index is 0.185. The van der Waals surface area contributed by atoms with Crippen molar-refractivity contribution in [2.45, 2.75) is 13.0 Å². The Hall–Kier alpha value is -1.88. The molecule has 0 bridgehead atoms. The predicted molar refractivity (Wildman–Crippen MR) is 80.8 cm³/mol. The van der Waals surface area contributed by atoms with E-state index >= 15 is 0 Å². The zero-order chi connectivity index (χ0) is 14.7. The molecule has 2 aromatic carbocycles. The largest absolute Gasteiger partial charge is 0.399 e. The molecular formula is C15H14BrFN2O. The predicted octanol–water partition coefficient (Wildman–Crippen LogP) is 3.66. The van der Waals surface area contributed by atoms with Crippen LogP contribution in [0.4, 0.5) is 10.1 Å². The Labute approximate surface area is 125 Å². The van der Waals surface area contributed by atoms with Gasteiger partial charge in [0.15, 0.2) is 0 Å². The molecule has 0 aromatic heterocycles. The number of rotatable bonds is 3. The minimum Gasteiger partial charge on any atom is -0.399 e. The molecule has 0 fully saturated rings. The van der Waals surface area contributed by atoms with Crippen LogP contribution in [-0.4, -0.2) is 5.91 Å². The van der Waals surface area contributed by atoms with Crippen LogP contribution >= 0.6 is 15.9 Å². The highest BCUT2D eigenvalue weighted by Gasteiger charge is 2.12. The van der Waals surface area contributed by atoms with E-state index in [0.717, 1.165) is 5.56 Å². The van der Waals surface area contributed by atoms with E-state index in [-0.39, 0.29) is 17.5 Å². The fraction of sp³-hybridized carbons (Fsp3) is 0.133. The normalized spacial score (nSPS) is 11.9. The summed E-state index contributed by atoms with van der Waals surface area (Å²) in [6.45, 7) is 1.86. The third-order valence-corrected chi connectivity index (χ3v) is 3.61. The van der Waals surface area contributed by atoms with Crippen molar-refractivity contribution < 1.29 is 9.18 Å². The van der Waals surface area contributed by atoms with Gasteiger partial charge in [-0.3, -0.25) is 4.79 Å². The maximum Gasteiger partial charge on any atom is 0.251 e. The van der Waals surface area contributed by atoms with Gasteiger partial charge in [0.1, 0.15) is 5.82 Å². The van der Waals surface area contributed by atoms with Gasteiger partial charge >= 0.3 is 0 Å². The smallest absolute Gasteiger partial charge is 0.251 e. The number of hydrogen-bond acceptors (Lipinski definition) is 2. The Balaban J connectivity index is 2.10. The van der Waals surface area contributed by atoms with E-state index in [1.54, 1.807) is 18.2 Å². The van der Waals surface area contributed by atoms with E-state index < -0.39 is 5.82 Å². The fourth-order valence-corrected chi connectivity index (χ4v) is 2.03. The summed E-state index contributed by atoms with van der Waals surface area (Å²) in [5.74, 6) is -0.779. The highest BCUT2D eigenvalue weighted by Crippen LogP contribution is 2.18. The quantitative estimate of drug-likeness (QED) is 0.840. The Morgan fingerprint density at radius 1 is 1.25 bits per heavy atom. The molecule has 0 aliphatic heterocycles. The van der Waals surface area contributed by atoms with Crippen LogP contribution in [0.25, 0.3) is 0 Å². The number of nitrogens with two attached hydrogens (primary N) is 1. The molecule has 3 N–H and O–H groups in total. The third kappa shape index (κ3) is 3.36. The zero-order valence-electron chi connectivity index (χ0n) is 10.9. The standard InChI is InChI=1S/C15H14BrFN2O/c1-9(10-2-5-12(18)6-3-10)19-15(20)11-4-7-13(16)14(17)8-11/h2-9H,18H2,1H3,(H,19,20). The Morgan fingerprint density at radius 2 is 1.90 bits per heavy atom. The molecule has 1 unspecified atom stereocenters. The Morgan fingerprint density at radius 3 is 2.50 bits per heavy atom. The molecule has 5 heteroatoms. The number of hydrogen-bond donors (Lipinski definition) is 2. The summed E-state index contributed by atoms with van der Waals surface area (Å²) >= 11 is 3.05. The van der Waals surface area contributed by atoms with Crippen molar-refractivity contribution in [3.8, 4) is 0 Å². The van der Waals surface area contributed by atoms with E-state index in [4.69, 9.17) is 5.73 Å². The van der Waals surface area contributed by atoms with Crippen molar-refractivity contribution in [3.05, 3.63) is 63.9 Å². The van der Waals surface area contributed by atoms with Crippen molar-refractivity contribution in [3.63, 3.8) is 0 Å². The average Bonchev–Trinajstić information content (AvgIpc) is 2.42. The molecular weight excluding hydrogens is 323 g/mol. The lowest BCUT2D eigenvalue weighted by molar-refractivity contribution is 0.0939. The summed E-state index contributed by atoms with van der Waals surface area (Å²) in [5.41, 5.74) is 7.51. The van der Waals surface area contributed by atoms with E-state index in [9.17, 15) is 9.18 Å². The lowest BCUT2D eigenvalue weighted by Crippen LogP contribution is -2.26. The molecule has 0 saturated carbocycles. The van der Waals surface area contributed by atoms with E-state index in [1.165, 1.54) is 12.1 Å². The maximum atomic E-state index is 13.4. The first-order valence-corrected chi connectivity index (χ1v) is 6.88. The first-order chi connectivity index (χ1) is 9.47. The van der Waals surface area contributed by atoms with E-state index in [1.807, 2.05) is 19.1 Å². The SMILES string of the molecule is CC(NC(=O)c1ccc(Br)c(F)c1)c1ccc(N)cc1. The molecule has 1 atom stereocenters. The molecule has 2 rings (SSSR count). The van der Waals surface area contributed by atoms with Gasteiger partial charge in [-0.25, -0.2) is 4.39 Å². The van der Waals surface area contributed by atoms with E-state index in [2.05, 4.69) is 21.2 Å². The van der Waals surface area contributed by atoms with Crippen molar-refractivity contribution in [1.82, 2.24) is 5.32 Å². The van der Waals surface area contributed by atoms with Gasteiger partial charge in [0.25, 0.3) is 5.91 Å². The third-order valence-electron chi connectivity index (χ3n) is 2.97. The maximum absolute atomic E-state index is 13.4. The summed E-state index contributed by atoms with van der Waals surface area (Å²) < 4.78 is 13.7. The minimum atomic E-state index is -0.460. The van der Waals surface area contributed by atoms with Crippen LogP contribution in [0.5, 0.6) is 0 Å². The lowest BCUT2D eigenvalue weighted by Gasteiger charge is -2.14. The molecule has 2 aromatic rings. The van der Waals surface area contributed by atoms with Crippen LogP contribution in [0, 0.1) is 5.82 Å². The molecule has 0 heterocycles. The van der Waals surface area contributed by atoms with Gasteiger partial charge in [0.2, 0.25) is 0 Å². The highest BCUT2D eigenvalue weighted by molar-refractivity contribution is 9.10. The number of nitrogens with one attached hydrogen (secondary N) is 1. The van der Waals surface area contributed by atoms with Gasteiger partial charge in [-0.1, -0.05) is 12.1 Å². The first kappa shape index (κ1) is 14.5. The zero-order valence-corrected chi connectivity index (χ0v) is 12.4. The average molecular weight is 337 g/mol. The van der Waals surface area contributed by atoms with Crippen LogP contribution in [0.3, 0.4) is 0 Å². The topological polar surface area (TPSA) is 55.1 Å². The summed E-state index contributed by atoms with van der Waals surface area (Å²) in [6.07, 6.45) is 0. The summed E-state index contributed by atoms with van der Waals surface area (Å²) in [5, 5.41) is 2.82. The molecule has 0 saturated heterocycles. The van der Waals surface area contributed by atoms with Crippen LogP contribution in [0.15, 0.2) is 46.9 Å². The second-order valence-electron chi connectivity index (χ2n) is 4.49. The number of halogens is 2. The van der Waals surface area contributed by atoms with Gasteiger partial charge in [-0.05, 0) is 58.7 Å². The van der Waals surface area contributed by atoms with Crippen molar-refractivity contribution in [2.24, 2.45) is 0 Å². The summed E-state index contributed by atoms with van der Waals surface area (Å²) in [7, 11) is 0. The van der Waals surface area contributed by atoms with Crippen LogP contribution in [-0.2, 0) is 0 Å². The fourth-order valence-electron chi connectivity index (χ4n) is 1.79. The summed E-state index contributed by atoms with van der Waals surface area (Å²) in [6, 6.07) is 11.3. The number of nitrogen functional groups attached to an aromatic ring is 1. The van der Waals surface area contributed by atoms with Gasteiger partial charge in [0, 0.05) is 11.3 Å². The van der Waals surface area contributed by atoms with Gasteiger partial charge in [-0.2, -0.15) is 0 Å². The number of carbonyl (C=O) groups excluding carboxylic acids is 1. The van der Waals surface area contributed by atoms with Crippen LogP contribution in [0.1, 0.15) is 28.9 Å².